The molecule has 0 saturated heterocycles. The monoisotopic (exact) mass is 282 g/mol. The molecule has 0 radical (unpaired) electrons. The highest BCUT2D eigenvalue weighted by Gasteiger charge is 2.10. The van der Waals surface area contributed by atoms with Crippen molar-refractivity contribution in [1.29, 1.82) is 0 Å². The Morgan fingerprint density at radius 1 is 1.35 bits per heavy atom. The molecule has 0 bridgehead atoms. The van der Waals surface area contributed by atoms with Crippen LogP contribution in [0.25, 0.3) is 0 Å². The molecule has 4 N–H and O–H groups in total. The molecule has 0 saturated carbocycles. The van der Waals surface area contributed by atoms with Gasteiger partial charge in [0.15, 0.2) is 0 Å². The van der Waals surface area contributed by atoms with Crippen molar-refractivity contribution in [2.45, 2.75) is 45.1 Å². The van der Waals surface area contributed by atoms with E-state index >= 15 is 0 Å². The lowest BCUT2D eigenvalue weighted by molar-refractivity contribution is -0.137. The second-order valence-corrected chi connectivity index (χ2v) is 4.65. The normalized spacial score (nSPS) is 11.8. The molecule has 1 unspecified atom stereocenters. The summed E-state index contributed by atoms with van der Waals surface area (Å²) in [7, 11) is 0. The van der Waals surface area contributed by atoms with E-state index in [0.717, 1.165) is 19.3 Å². The van der Waals surface area contributed by atoms with Gasteiger partial charge in [-0.2, -0.15) is 0 Å². The van der Waals surface area contributed by atoms with Crippen LogP contribution in [0, 0.1) is 0 Å². The highest BCUT2D eigenvalue weighted by molar-refractivity contribution is 5.74. The zero-order chi connectivity index (χ0) is 14.8. The number of carbonyl (C=O) groups is 2. The molecule has 1 rings (SSSR count). The van der Waals surface area contributed by atoms with Crippen LogP contribution in [-0.2, 0) is 4.79 Å². The first-order valence-corrected chi connectivity index (χ1v) is 6.85. The van der Waals surface area contributed by atoms with Crippen LogP contribution in [-0.4, -0.2) is 33.6 Å². The topological polar surface area (TPSA) is 107 Å². The van der Waals surface area contributed by atoms with E-state index in [1.165, 1.54) is 0 Å². The largest absolute Gasteiger partial charge is 0.481 e. The van der Waals surface area contributed by atoms with Crippen LogP contribution in [0.3, 0.4) is 0 Å². The van der Waals surface area contributed by atoms with Gasteiger partial charge < -0.3 is 20.7 Å². The van der Waals surface area contributed by atoms with Gasteiger partial charge in [-0.05, 0) is 19.8 Å². The van der Waals surface area contributed by atoms with Crippen molar-refractivity contribution in [2.24, 2.45) is 0 Å². The fourth-order valence-electron chi connectivity index (χ4n) is 1.79. The van der Waals surface area contributed by atoms with Gasteiger partial charge in [0, 0.05) is 25.4 Å². The minimum atomic E-state index is -0.755. The number of unbranched alkanes of at least 4 members (excludes halogenated alkanes) is 3. The van der Waals surface area contributed by atoms with Gasteiger partial charge in [0.2, 0.25) is 0 Å². The molecule has 7 heteroatoms. The van der Waals surface area contributed by atoms with Gasteiger partial charge >= 0.3 is 12.0 Å². The molecule has 1 heterocycles. The van der Waals surface area contributed by atoms with Gasteiger partial charge in [0.1, 0.15) is 5.82 Å². The van der Waals surface area contributed by atoms with Gasteiger partial charge in [-0.1, -0.05) is 12.8 Å². The molecule has 0 aliphatic rings. The van der Waals surface area contributed by atoms with Crippen molar-refractivity contribution in [1.82, 2.24) is 20.6 Å². The summed E-state index contributed by atoms with van der Waals surface area (Å²) in [6.07, 6.45) is 6.90. The fourth-order valence-corrected chi connectivity index (χ4v) is 1.79. The van der Waals surface area contributed by atoms with Gasteiger partial charge in [-0.3, -0.25) is 4.79 Å². The molecule has 7 nitrogen and oxygen atoms in total. The molecule has 20 heavy (non-hydrogen) atoms. The lowest BCUT2D eigenvalue weighted by atomic mass is 10.1. The Balaban J connectivity index is 2.02. The standard InChI is InChI=1S/C13H22N4O3/c1-10(12-14-8-9-15-12)17-13(20)16-7-5-3-2-4-6-11(18)19/h8-10H,2-7H2,1H3,(H,14,15)(H,18,19)(H2,16,17,20). The van der Waals surface area contributed by atoms with Gasteiger partial charge in [0.05, 0.1) is 6.04 Å². The molecule has 0 spiro atoms. The first-order chi connectivity index (χ1) is 9.59. The van der Waals surface area contributed by atoms with Crippen molar-refractivity contribution < 1.29 is 14.7 Å². The van der Waals surface area contributed by atoms with Crippen LogP contribution in [0.4, 0.5) is 4.79 Å². The number of H-pyrrole nitrogens is 1. The molecule has 1 aromatic rings. The molecular weight excluding hydrogens is 260 g/mol. The van der Waals surface area contributed by atoms with E-state index in [9.17, 15) is 9.59 Å². The summed E-state index contributed by atoms with van der Waals surface area (Å²) in [5, 5.41) is 14.0. The number of hydrogen-bond donors (Lipinski definition) is 4. The number of rotatable bonds is 9. The minimum Gasteiger partial charge on any atom is -0.481 e. The van der Waals surface area contributed by atoms with E-state index in [-0.39, 0.29) is 18.5 Å². The van der Waals surface area contributed by atoms with Crippen LogP contribution < -0.4 is 10.6 Å². The van der Waals surface area contributed by atoms with Crippen LogP contribution in [0.2, 0.25) is 0 Å². The third-order valence-electron chi connectivity index (χ3n) is 2.88. The number of imidazole rings is 1. The molecule has 1 atom stereocenters. The predicted octanol–water partition coefficient (Wildman–Crippen LogP) is 1.80. The maximum atomic E-state index is 11.6. The van der Waals surface area contributed by atoms with Crippen LogP contribution in [0.5, 0.6) is 0 Å². The molecule has 1 aromatic heterocycles. The second-order valence-electron chi connectivity index (χ2n) is 4.65. The zero-order valence-corrected chi connectivity index (χ0v) is 11.7. The minimum absolute atomic E-state index is 0.166. The summed E-state index contributed by atoms with van der Waals surface area (Å²) in [6.45, 7) is 2.44. The van der Waals surface area contributed by atoms with E-state index < -0.39 is 5.97 Å². The van der Waals surface area contributed by atoms with Crippen molar-refractivity contribution in [2.75, 3.05) is 6.54 Å². The van der Waals surface area contributed by atoms with Crippen LogP contribution in [0.15, 0.2) is 12.4 Å². The van der Waals surface area contributed by atoms with Crippen molar-refractivity contribution in [3.05, 3.63) is 18.2 Å². The summed E-state index contributed by atoms with van der Waals surface area (Å²) >= 11 is 0. The smallest absolute Gasteiger partial charge is 0.315 e. The quantitative estimate of drug-likeness (QED) is 0.518. The number of urea groups is 1. The molecule has 112 valence electrons. The van der Waals surface area contributed by atoms with E-state index in [4.69, 9.17) is 5.11 Å². The lowest BCUT2D eigenvalue weighted by Crippen LogP contribution is -2.37. The summed E-state index contributed by atoms with van der Waals surface area (Å²) in [4.78, 5) is 28.9. The van der Waals surface area contributed by atoms with E-state index in [1.807, 2.05) is 6.92 Å². The average molecular weight is 282 g/mol. The van der Waals surface area contributed by atoms with Gasteiger partial charge in [0.25, 0.3) is 0 Å². The maximum absolute atomic E-state index is 11.6. The Morgan fingerprint density at radius 2 is 2.10 bits per heavy atom. The number of carboxylic acids is 1. The third-order valence-corrected chi connectivity index (χ3v) is 2.88. The van der Waals surface area contributed by atoms with E-state index in [2.05, 4.69) is 20.6 Å². The highest BCUT2D eigenvalue weighted by Crippen LogP contribution is 2.05. The Kier molecular flexibility index (Phi) is 7.16. The van der Waals surface area contributed by atoms with Crippen molar-refractivity contribution in [3.63, 3.8) is 0 Å². The number of nitrogens with one attached hydrogen (secondary N) is 3. The molecular formula is C13H22N4O3. The molecule has 0 aromatic carbocycles. The Morgan fingerprint density at radius 3 is 2.75 bits per heavy atom. The molecule has 0 fully saturated rings. The average Bonchev–Trinajstić information content (AvgIpc) is 2.91. The SMILES string of the molecule is CC(NC(=O)NCCCCCCC(=O)O)c1ncc[nH]1. The first kappa shape index (κ1) is 16.0. The van der Waals surface area contributed by atoms with Gasteiger partial charge in [-0.15, -0.1) is 0 Å². The van der Waals surface area contributed by atoms with E-state index in [1.54, 1.807) is 12.4 Å². The number of aromatic nitrogens is 2. The van der Waals surface area contributed by atoms with Crippen molar-refractivity contribution >= 4 is 12.0 Å². The number of hydrogen-bond acceptors (Lipinski definition) is 3. The number of nitrogens with zero attached hydrogens (tertiary/aromatic N) is 1. The highest BCUT2D eigenvalue weighted by atomic mass is 16.4. The van der Waals surface area contributed by atoms with E-state index in [0.29, 0.717) is 18.8 Å². The third kappa shape index (κ3) is 6.77. The number of carboxylic acid groups (broad SMARTS) is 1. The maximum Gasteiger partial charge on any atom is 0.315 e. The summed E-state index contributed by atoms with van der Waals surface area (Å²) in [5.74, 6) is -0.0387. The summed E-state index contributed by atoms with van der Waals surface area (Å²) < 4.78 is 0. The first-order valence-electron chi connectivity index (χ1n) is 6.85. The molecule has 0 aliphatic heterocycles. The fraction of sp³-hybridized carbons (Fsp3) is 0.615. The Hall–Kier alpha value is -2.05. The lowest BCUT2D eigenvalue weighted by Gasteiger charge is -2.12. The summed E-state index contributed by atoms with van der Waals surface area (Å²) in [5.41, 5.74) is 0. The van der Waals surface area contributed by atoms with Crippen LogP contribution >= 0.6 is 0 Å². The second kappa shape index (κ2) is 8.95. The summed E-state index contributed by atoms with van der Waals surface area (Å²) in [6, 6.07) is -0.389. The number of carbonyl (C=O) groups excluding carboxylic acids is 1. The molecule has 2 amide bonds. The number of amides is 2. The van der Waals surface area contributed by atoms with Crippen LogP contribution in [0.1, 0.15) is 50.9 Å². The predicted molar refractivity (Wildman–Crippen MR) is 74.3 cm³/mol. The van der Waals surface area contributed by atoms with Crippen molar-refractivity contribution in [3.8, 4) is 0 Å². The van der Waals surface area contributed by atoms with Gasteiger partial charge in [-0.25, -0.2) is 9.78 Å². The Bertz CT molecular complexity index is 406. The zero-order valence-electron chi connectivity index (χ0n) is 11.7. The molecule has 0 aliphatic carbocycles. The number of aliphatic carboxylic acids is 1. The number of aromatic amines is 1. The Labute approximate surface area is 118 Å².